The van der Waals surface area contributed by atoms with Crippen molar-refractivity contribution in [1.29, 1.82) is 0 Å². The van der Waals surface area contributed by atoms with Crippen LogP contribution < -0.4 is 11.1 Å². The van der Waals surface area contributed by atoms with Crippen molar-refractivity contribution in [3.8, 4) is 0 Å². The number of aromatic nitrogens is 2. The summed E-state index contributed by atoms with van der Waals surface area (Å²) in [7, 11) is 1.68. The Kier molecular flexibility index (Phi) is 5.03. The van der Waals surface area contributed by atoms with Crippen LogP contribution in [-0.2, 0) is 11.8 Å². The summed E-state index contributed by atoms with van der Waals surface area (Å²) < 4.78 is 6.67. The molecule has 0 spiro atoms. The highest BCUT2D eigenvalue weighted by atomic mass is 32.1. The number of hydrogen-bond acceptors (Lipinski definition) is 6. The summed E-state index contributed by atoms with van der Waals surface area (Å²) in [5, 5.41) is 6.77. The van der Waals surface area contributed by atoms with Gasteiger partial charge in [-0.25, -0.2) is 4.79 Å². The van der Waals surface area contributed by atoms with Gasteiger partial charge in [0.2, 0.25) is 0 Å². The van der Waals surface area contributed by atoms with Gasteiger partial charge in [-0.3, -0.25) is 14.3 Å². The number of aryl methyl sites for hydroxylation is 1. The van der Waals surface area contributed by atoms with E-state index >= 15 is 0 Å². The molecule has 0 saturated carbocycles. The molecule has 3 N–H and O–H groups in total. The van der Waals surface area contributed by atoms with Crippen molar-refractivity contribution in [2.45, 2.75) is 26.9 Å². The number of amides is 2. The molecular formula is C15H18N4O4S. The lowest BCUT2D eigenvalue weighted by Crippen LogP contribution is -2.17. The fourth-order valence-corrected chi connectivity index (χ4v) is 3.11. The van der Waals surface area contributed by atoms with Crippen LogP contribution in [0.15, 0.2) is 12.4 Å². The first-order valence-electron chi connectivity index (χ1n) is 7.14. The van der Waals surface area contributed by atoms with Crippen LogP contribution in [0.1, 0.15) is 49.8 Å². The number of esters is 1. The first-order chi connectivity index (χ1) is 11.2. The van der Waals surface area contributed by atoms with E-state index in [1.54, 1.807) is 27.8 Å². The van der Waals surface area contributed by atoms with Gasteiger partial charge in [0.1, 0.15) is 5.00 Å². The number of thiophene rings is 1. The van der Waals surface area contributed by atoms with E-state index in [2.05, 4.69) is 10.4 Å². The van der Waals surface area contributed by atoms with Crippen molar-refractivity contribution in [2.24, 2.45) is 12.8 Å². The van der Waals surface area contributed by atoms with Gasteiger partial charge in [0, 0.05) is 13.2 Å². The SMILES string of the molecule is Cc1c(C(N)=O)sc(NC(=O)c2cnn(C)c2)c1C(=O)OC(C)C. The molecule has 0 atom stereocenters. The molecule has 2 aromatic rings. The van der Waals surface area contributed by atoms with Gasteiger partial charge in [0.15, 0.2) is 0 Å². The molecule has 2 rings (SSSR count). The molecule has 24 heavy (non-hydrogen) atoms. The number of carbonyl (C=O) groups excluding carboxylic acids is 3. The number of primary amides is 1. The summed E-state index contributed by atoms with van der Waals surface area (Å²) in [4.78, 5) is 36.4. The van der Waals surface area contributed by atoms with Gasteiger partial charge in [-0.05, 0) is 26.3 Å². The predicted octanol–water partition coefficient (Wildman–Crippen LogP) is 1.71. The average Bonchev–Trinajstić information content (AvgIpc) is 3.02. The van der Waals surface area contributed by atoms with Crippen molar-refractivity contribution in [1.82, 2.24) is 9.78 Å². The quantitative estimate of drug-likeness (QED) is 0.796. The molecule has 8 nitrogen and oxygen atoms in total. The second kappa shape index (κ2) is 6.83. The van der Waals surface area contributed by atoms with Crippen molar-refractivity contribution in [3.63, 3.8) is 0 Å². The van der Waals surface area contributed by atoms with Crippen molar-refractivity contribution < 1.29 is 19.1 Å². The normalized spacial score (nSPS) is 10.7. The Hall–Kier alpha value is -2.68. The Morgan fingerprint density at radius 2 is 2.04 bits per heavy atom. The third kappa shape index (κ3) is 3.62. The number of nitrogens with zero attached hydrogens (tertiary/aromatic N) is 2. The summed E-state index contributed by atoms with van der Waals surface area (Å²) in [5.41, 5.74) is 6.19. The third-order valence-corrected chi connectivity index (χ3v) is 4.33. The van der Waals surface area contributed by atoms with E-state index < -0.39 is 17.8 Å². The smallest absolute Gasteiger partial charge is 0.341 e. The molecule has 0 fully saturated rings. The summed E-state index contributed by atoms with van der Waals surface area (Å²) >= 11 is 0.945. The van der Waals surface area contributed by atoms with Gasteiger partial charge >= 0.3 is 5.97 Å². The molecule has 0 bridgehead atoms. The van der Waals surface area contributed by atoms with Crippen LogP contribution in [0.25, 0.3) is 0 Å². The largest absolute Gasteiger partial charge is 0.459 e. The molecular weight excluding hydrogens is 332 g/mol. The van der Waals surface area contributed by atoms with Crippen LogP contribution in [0.2, 0.25) is 0 Å². The minimum atomic E-state index is -0.669. The van der Waals surface area contributed by atoms with Gasteiger partial charge in [0.05, 0.1) is 28.3 Å². The second-order valence-electron chi connectivity index (χ2n) is 5.44. The number of anilines is 1. The topological polar surface area (TPSA) is 116 Å². The molecule has 0 radical (unpaired) electrons. The van der Waals surface area contributed by atoms with Crippen LogP contribution in [-0.4, -0.2) is 33.7 Å². The zero-order valence-electron chi connectivity index (χ0n) is 13.7. The highest BCUT2D eigenvalue weighted by molar-refractivity contribution is 7.18. The van der Waals surface area contributed by atoms with E-state index in [1.807, 2.05) is 0 Å². The minimum Gasteiger partial charge on any atom is -0.459 e. The van der Waals surface area contributed by atoms with Gasteiger partial charge in [-0.15, -0.1) is 11.3 Å². The Morgan fingerprint density at radius 1 is 1.38 bits per heavy atom. The van der Waals surface area contributed by atoms with Gasteiger partial charge in [-0.2, -0.15) is 5.10 Å². The maximum atomic E-state index is 12.3. The number of rotatable bonds is 5. The van der Waals surface area contributed by atoms with Gasteiger partial charge in [0.25, 0.3) is 11.8 Å². The highest BCUT2D eigenvalue weighted by Crippen LogP contribution is 2.34. The lowest BCUT2D eigenvalue weighted by atomic mass is 10.1. The molecule has 2 heterocycles. The molecule has 0 saturated heterocycles. The number of nitrogens with one attached hydrogen (secondary N) is 1. The summed E-state index contributed by atoms with van der Waals surface area (Å²) in [6.45, 7) is 5.01. The van der Waals surface area contributed by atoms with Crippen LogP contribution in [0, 0.1) is 6.92 Å². The molecule has 9 heteroatoms. The van der Waals surface area contributed by atoms with Crippen molar-refractivity contribution in [3.05, 3.63) is 34.0 Å². The molecule has 2 amide bonds. The third-order valence-electron chi connectivity index (χ3n) is 3.11. The molecule has 0 aliphatic heterocycles. The van der Waals surface area contributed by atoms with E-state index in [9.17, 15) is 14.4 Å². The number of hydrogen-bond donors (Lipinski definition) is 2. The Balaban J connectivity index is 2.40. The van der Waals surface area contributed by atoms with E-state index in [-0.39, 0.29) is 21.5 Å². The standard InChI is InChI=1S/C15H18N4O4S/c1-7(2)23-15(22)10-8(3)11(12(16)20)24-14(10)18-13(21)9-5-17-19(4)6-9/h5-7H,1-4H3,(H2,16,20)(H,18,21). The zero-order chi connectivity index (χ0) is 18.0. The van der Waals surface area contributed by atoms with Gasteiger partial charge < -0.3 is 15.8 Å². The Bertz CT molecular complexity index is 807. The minimum absolute atomic E-state index is 0.139. The van der Waals surface area contributed by atoms with Crippen LogP contribution >= 0.6 is 11.3 Å². The number of nitrogens with two attached hydrogens (primary N) is 1. The van der Waals surface area contributed by atoms with Gasteiger partial charge in [-0.1, -0.05) is 0 Å². The van der Waals surface area contributed by atoms with E-state index in [0.717, 1.165) is 11.3 Å². The lowest BCUT2D eigenvalue weighted by molar-refractivity contribution is 0.0379. The highest BCUT2D eigenvalue weighted by Gasteiger charge is 2.26. The Morgan fingerprint density at radius 3 is 2.54 bits per heavy atom. The molecule has 0 unspecified atom stereocenters. The Labute approximate surface area is 142 Å². The first-order valence-corrected chi connectivity index (χ1v) is 7.96. The van der Waals surface area contributed by atoms with Crippen LogP contribution in [0.5, 0.6) is 0 Å². The fraction of sp³-hybridized carbons (Fsp3) is 0.333. The number of ether oxygens (including phenoxy) is 1. The van der Waals surface area contributed by atoms with Crippen LogP contribution in [0.4, 0.5) is 5.00 Å². The molecule has 2 aromatic heterocycles. The number of carbonyl (C=O) groups is 3. The van der Waals surface area contributed by atoms with Crippen molar-refractivity contribution in [2.75, 3.05) is 5.32 Å². The maximum Gasteiger partial charge on any atom is 0.341 e. The molecule has 0 aliphatic carbocycles. The van der Waals surface area contributed by atoms with E-state index in [1.165, 1.54) is 17.1 Å². The fourth-order valence-electron chi connectivity index (χ4n) is 2.07. The molecule has 0 aromatic carbocycles. The predicted molar refractivity (Wildman–Crippen MR) is 89.3 cm³/mol. The molecule has 0 aliphatic rings. The van der Waals surface area contributed by atoms with Crippen LogP contribution in [0.3, 0.4) is 0 Å². The molecule has 128 valence electrons. The summed E-state index contributed by atoms with van der Waals surface area (Å²) in [6.07, 6.45) is 2.60. The second-order valence-corrected chi connectivity index (χ2v) is 6.46. The zero-order valence-corrected chi connectivity index (χ0v) is 14.6. The average molecular weight is 350 g/mol. The summed E-state index contributed by atoms with van der Waals surface area (Å²) in [5.74, 6) is -1.73. The lowest BCUT2D eigenvalue weighted by Gasteiger charge is -2.10. The first kappa shape index (κ1) is 17.7. The summed E-state index contributed by atoms with van der Waals surface area (Å²) in [6, 6.07) is 0. The maximum absolute atomic E-state index is 12.3. The monoisotopic (exact) mass is 350 g/mol. The van der Waals surface area contributed by atoms with E-state index in [0.29, 0.717) is 11.1 Å². The van der Waals surface area contributed by atoms with Crippen molar-refractivity contribution >= 4 is 34.1 Å². The van der Waals surface area contributed by atoms with E-state index in [4.69, 9.17) is 10.5 Å².